The number of hydrogen-bond acceptors (Lipinski definition) is 4. The van der Waals surface area contributed by atoms with Gasteiger partial charge in [0, 0.05) is 5.56 Å². The molecular formula is C15H13FN4O. The molecule has 0 spiro atoms. The van der Waals surface area contributed by atoms with Gasteiger partial charge in [0.05, 0.1) is 6.10 Å². The maximum atomic E-state index is 14.1. The Morgan fingerprint density at radius 3 is 2.57 bits per heavy atom. The Hall–Kier alpha value is -2.60. The highest BCUT2D eigenvalue weighted by Gasteiger charge is 2.12. The number of aliphatic hydroxyl groups excluding tert-OH is 1. The second-order valence-electron chi connectivity index (χ2n) is 4.66. The molecular weight excluding hydrogens is 271 g/mol. The molecule has 0 aliphatic carbocycles. The lowest BCUT2D eigenvalue weighted by atomic mass is 10.1. The SMILES string of the molecule is C[C@@H](O)c1ccc(-n2nnc(-c3ccccc3)n2)c(F)c1. The first kappa shape index (κ1) is 13.4. The minimum atomic E-state index is -0.725. The fraction of sp³-hybridized carbons (Fsp3) is 0.133. The molecule has 3 aromatic rings. The normalized spacial score (nSPS) is 12.3. The molecule has 106 valence electrons. The third-order valence-electron chi connectivity index (χ3n) is 3.12. The third-order valence-corrected chi connectivity index (χ3v) is 3.12. The van der Waals surface area contributed by atoms with E-state index in [2.05, 4.69) is 15.4 Å². The van der Waals surface area contributed by atoms with Gasteiger partial charge in [-0.2, -0.15) is 0 Å². The number of hydrogen-bond donors (Lipinski definition) is 1. The zero-order valence-corrected chi connectivity index (χ0v) is 11.3. The number of tetrazole rings is 1. The van der Waals surface area contributed by atoms with Crippen LogP contribution in [0.1, 0.15) is 18.6 Å². The molecule has 21 heavy (non-hydrogen) atoms. The zero-order valence-electron chi connectivity index (χ0n) is 11.3. The summed E-state index contributed by atoms with van der Waals surface area (Å²) in [7, 11) is 0. The quantitative estimate of drug-likeness (QED) is 0.802. The van der Waals surface area contributed by atoms with Crippen molar-refractivity contribution in [2.45, 2.75) is 13.0 Å². The summed E-state index contributed by atoms with van der Waals surface area (Å²) < 4.78 is 14.1. The number of rotatable bonds is 3. The Bertz CT molecular complexity index is 755. The second-order valence-corrected chi connectivity index (χ2v) is 4.66. The lowest BCUT2D eigenvalue weighted by Crippen LogP contribution is -2.03. The smallest absolute Gasteiger partial charge is 0.205 e. The van der Waals surface area contributed by atoms with Gasteiger partial charge >= 0.3 is 0 Å². The van der Waals surface area contributed by atoms with Gasteiger partial charge in [0.15, 0.2) is 5.82 Å². The minimum absolute atomic E-state index is 0.189. The van der Waals surface area contributed by atoms with Crippen LogP contribution in [0.5, 0.6) is 0 Å². The monoisotopic (exact) mass is 284 g/mol. The van der Waals surface area contributed by atoms with E-state index in [-0.39, 0.29) is 5.69 Å². The summed E-state index contributed by atoms with van der Waals surface area (Å²) in [5, 5.41) is 21.4. The Morgan fingerprint density at radius 2 is 1.90 bits per heavy atom. The summed E-state index contributed by atoms with van der Waals surface area (Å²) in [6.45, 7) is 1.58. The fourth-order valence-electron chi connectivity index (χ4n) is 1.96. The van der Waals surface area contributed by atoms with Crippen LogP contribution in [-0.2, 0) is 0 Å². The minimum Gasteiger partial charge on any atom is -0.389 e. The van der Waals surface area contributed by atoms with Crippen LogP contribution in [0.3, 0.4) is 0 Å². The van der Waals surface area contributed by atoms with Gasteiger partial charge in [0.2, 0.25) is 5.82 Å². The van der Waals surface area contributed by atoms with Crippen LogP contribution >= 0.6 is 0 Å². The number of aliphatic hydroxyl groups is 1. The predicted molar refractivity (Wildman–Crippen MR) is 75.2 cm³/mol. The van der Waals surface area contributed by atoms with E-state index in [1.54, 1.807) is 13.0 Å². The molecule has 1 atom stereocenters. The van der Waals surface area contributed by atoms with E-state index in [4.69, 9.17) is 0 Å². The highest BCUT2D eigenvalue weighted by Crippen LogP contribution is 2.19. The molecule has 1 heterocycles. The van der Waals surface area contributed by atoms with Crippen LogP contribution in [0.15, 0.2) is 48.5 Å². The molecule has 1 N–H and O–H groups in total. The number of halogens is 1. The molecule has 0 fully saturated rings. The van der Waals surface area contributed by atoms with Crippen molar-refractivity contribution in [1.82, 2.24) is 20.2 Å². The van der Waals surface area contributed by atoms with Crippen LogP contribution in [0.2, 0.25) is 0 Å². The predicted octanol–water partition coefficient (Wildman–Crippen LogP) is 2.52. The Balaban J connectivity index is 1.97. The van der Waals surface area contributed by atoms with Crippen molar-refractivity contribution in [3.05, 3.63) is 59.9 Å². The molecule has 1 aromatic heterocycles. The van der Waals surface area contributed by atoms with Crippen molar-refractivity contribution in [3.63, 3.8) is 0 Å². The molecule has 3 rings (SSSR count). The lowest BCUT2D eigenvalue weighted by Gasteiger charge is -2.06. The molecule has 0 amide bonds. The number of aromatic nitrogens is 4. The van der Waals surface area contributed by atoms with E-state index in [1.807, 2.05) is 30.3 Å². The Kier molecular flexibility index (Phi) is 3.45. The molecule has 0 unspecified atom stereocenters. The molecule has 0 saturated carbocycles. The van der Waals surface area contributed by atoms with E-state index in [1.165, 1.54) is 12.1 Å². The van der Waals surface area contributed by atoms with Crippen LogP contribution < -0.4 is 0 Å². The maximum absolute atomic E-state index is 14.1. The van der Waals surface area contributed by atoms with Crippen LogP contribution in [0.25, 0.3) is 17.1 Å². The molecule has 2 aromatic carbocycles. The van der Waals surface area contributed by atoms with Gasteiger partial charge in [0.25, 0.3) is 0 Å². The summed E-state index contributed by atoms with van der Waals surface area (Å²) in [4.78, 5) is 1.14. The summed E-state index contributed by atoms with van der Waals surface area (Å²) in [6.07, 6.45) is -0.725. The van der Waals surface area contributed by atoms with Crippen molar-refractivity contribution in [2.75, 3.05) is 0 Å². The summed E-state index contributed by atoms with van der Waals surface area (Å²) in [5.41, 5.74) is 1.50. The average molecular weight is 284 g/mol. The number of benzene rings is 2. The number of nitrogens with zero attached hydrogens (tertiary/aromatic N) is 4. The first-order chi connectivity index (χ1) is 10.1. The Labute approximate surface area is 120 Å². The van der Waals surface area contributed by atoms with Crippen molar-refractivity contribution in [3.8, 4) is 17.1 Å². The standard InChI is InChI=1S/C15H13FN4O/c1-10(21)12-7-8-14(13(16)9-12)20-18-15(17-19-20)11-5-3-2-4-6-11/h2-10,21H,1H3/t10-/m1/s1. The Morgan fingerprint density at radius 1 is 1.14 bits per heavy atom. The second kappa shape index (κ2) is 5.41. The molecule has 0 aliphatic heterocycles. The molecule has 0 saturated heterocycles. The molecule has 6 heteroatoms. The summed E-state index contributed by atoms with van der Waals surface area (Å²) in [6, 6.07) is 13.8. The van der Waals surface area contributed by atoms with Crippen molar-refractivity contribution in [2.24, 2.45) is 0 Å². The van der Waals surface area contributed by atoms with Gasteiger partial charge in [0.1, 0.15) is 5.69 Å². The molecule has 0 aliphatic rings. The van der Waals surface area contributed by atoms with Gasteiger partial charge in [-0.1, -0.05) is 36.4 Å². The van der Waals surface area contributed by atoms with Crippen LogP contribution in [0.4, 0.5) is 4.39 Å². The van der Waals surface area contributed by atoms with Crippen LogP contribution in [0, 0.1) is 5.82 Å². The molecule has 0 bridgehead atoms. The van der Waals surface area contributed by atoms with E-state index < -0.39 is 11.9 Å². The van der Waals surface area contributed by atoms with Crippen LogP contribution in [-0.4, -0.2) is 25.3 Å². The van der Waals surface area contributed by atoms with Crippen molar-refractivity contribution in [1.29, 1.82) is 0 Å². The van der Waals surface area contributed by atoms with Gasteiger partial charge in [-0.05, 0) is 29.8 Å². The van der Waals surface area contributed by atoms with Gasteiger partial charge < -0.3 is 5.11 Å². The van der Waals surface area contributed by atoms with E-state index in [0.717, 1.165) is 10.4 Å². The van der Waals surface area contributed by atoms with Crippen molar-refractivity contribution >= 4 is 0 Å². The largest absolute Gasteiger partial charge is 0.389 e. The van der Waals surface area contributed by atoms with E-state index >= 15 is 0 Å². The summed E-state index contributed by atoms with van der Waals surface area (Å²) >= 11 is 0. The topological polar surface area (TPSA) is 63.8 Å². The molecule has 0 radical (unpaired) electrons. The highest BCUT2D eigenvalue weighted by molar-refractivity contribution is 5.53. The highest BCUT2D eigenvalue weighted by atomic mass is 19.1. The van der Waals surface area contributed by atoms with Gasteiger partial charge in [-0.25, -0.2) is 4.39 Å². The first-order valence-electron chi connectivity index (χ1n) is 6.48. The maximum Gasteiger partial charge on any atom is 0.205 e. The zero-order chi connectivity index (χ0) is 14.8. The lowest BCUT2D eigenvalue weighted by molar-refractivity contribution is 0.199. The molecule has 5 nitrogen and oxygen atoms in total. The van der Waals surface area contributed by atoms with E-state index in [0.29, 0.717) is 11.4 Å². The van der Waals surface area contributed by atoms with E-state index in [9.17, 15) is 9.50 Å². The third kappa shape index (κ3) is 2.66. The fourth-order valence-corrected chi connectivity index (χ4v) is 1.96. The van der Waals surface area contributed by atoms with Gasteiger partial charge in [-0.15, -0.1) is 15.0 Å². The first-order valence-corrected chi connectivity index (χ1v) is 6.48. The average Bonchev–Trinajstić information content (AvgIpc) is 2.97. The summed E-state index contributed by atoms with van der Waals surface area (Å²) in [5.74, 6) is -0.0833. The van der Waals surface area contributed by atoms with Gasteiger partial charge in [-0.3, -0.25) is 0 Å². The van der Waals surface area contributed by atoms with Crippen molar-refractivity contribution < 1.29 is 9.50 Å².